The number of pyridine rings is 1. The minimum absolute atomic E-state index is 0.257. The van der Waals surface area contributed by atoms with Crippen molar-refractivity contribution in [2.75, 3.05) is 18.8 Å². The quantitative estimate of drug-likeness (QED) is 0.274. The Morgan fingerprint density at radius 3 is 2.54 bits per heavy atom. The first-order valence-corrected chi connectivity index (χ1v) is 12.3. The Morgan fingerprint density at radius 2 is 1.83 bits per heavy atom. The molecule has 1 aromatic carbocycles. The van der Waals surface area contributed by atoms with Gasteiger partial charge in [0.2, 0.25) is 5.89 Å². The average molecular weight is 569 g/mol. The van der Waals surface area contributed by atoms with Crippen LogP contribution in [-0.4, -0.2) is 60.1 Å². The van der Waals surface area contributed by atoms with Gasteiger partial charge in [0.15, 0.2) is 5.58 Å². The summed E-state index contributed by atoms with van der Waals surface area (Å²) in [5.74, 6) is -1.48. The Kier molecular flexibility index (Phi) is 7.78. The van der Waals surface area contributed by atoms with Gasteiger partial charge in [0, 0.05) is 42.0 Å². The number of halogens is 3. The zero-order valence-electron chi connectivity index (χ0n) is 21.2. The molecule has 15 heteroatoms. The number of ether oxygens (including phenoxy) is 1. The van der Waals surface area contributed by atoms with Crippen LogP contribution in [0.15, 0.2) is 65.7 Å². The molecule has 0 amide bonds. The van der Waals surface area contributed by atoms with Crippen LogP contribution in [0.1, 0.15) is 18.9 Å². The van der Waals surface area contributed by atoms with Crippen LogP contribution in [0, 0.1) is 0 Å². The second-order valence-electron chi connectivity index (χ2n) is 8.93. The fourth-order valence-corrected chi connectivity index (χ4v) is 4.09. The number of carboxylic acid groups (broad SMARTS) is 1. The third-order valence-electron chi connectivity index (χ3n) is 6.12. The number of nitrogens with two attached hydrogens (primary N) is 1. The molecule has 1 saturated heterocycles. The first-order valence-electron chi connectivity index (χ1n) is 12.3. The molecule has 0 saturated carbocycles. The van der Waals surface area contributed by atoms with Gasteiger partial charge in [0.1, 0.15) is 17.1 Å². The Bertz CT molecular complexity index is 1650. The number of fused-ring (bicyclic) bond motifs is 1. The summed E-state index contributed by atoms with van der Waals surface area (Å²) in [6.45, 7) is 2.02. The number of anilines is 1. The number of aromatic nitrogens is 6. The van der Waals surface area contributed by atoms with Crippen molar-refractivity contribution >= 4 is 22.9 Å². The van der Waals surface area contributed by atoms with Gasteiger partial charge in [0.05, 0.1) is 17.8 Å². The number of rotatable bonds is 5. The first-order chi connectivity index (χ1) is 19.7. The highest BCUT2D eigenvalue weighted by molar-refractivity contribution is 5.81. The second-order valence-corrected chi connectivity index (χ2v) is 8.93. The number of nitrogen functional groups attached to an aromatic ring is 1. The van der Waals surface area contributed by atoms with E-state index in [1.165, 1.54) is 0 Å². The molecule has 5 aromatic rings. The van der Waals surface area contributed by atoms with Gasteiger partial charge in [-0.15, -0.1) is 0 Å². The monoisotopic (exact) mass is 568 g/mol. The van der Waals surface area contributed by atoms with E-state index >= 15 is 0 Å². The highest BCUT2D eigenvalue weighted by Gasteiger charge is 2.38. The van der Waals surface area contributed by atoms with Gasteiger partial charge in [-0.1, -0.05) is 0 Å². The highest BCUT2D eigenvalue weighted by atomic mass is 19.4. The number of benzene rings is 1. The van der Waals surface area contributed by atoms with Crippen molar-refractivity contribution in [2.45, 2.75) is 25.1 Å². The minimum Gasteiger partial charge on any atom is -0.475 e. The number of hydrogen-bond acceptors (Lipinski definition) is 10. The lowest BCUT2D eigenvalue weighted by molar-refractivity contribution is -0.192. The third-order valence-corrected chi connectivity index (χ3v) is 6.12. The summed E-state index contributed by atoms with van der Waals surface area (Å²) in [4.78, 5) is 26.0. The lowest BCUT2D eigenvalue weighted by Gasteiger charge is -2.22. The maximum Gasteiger partial charge on any atom is 0.490 e. The molecule has 4 N–H and O–H groups in total. The van der Waals surface area contributed by atoms with Crippen molar-refractivity contribution in [3.63, 3.8) is 0 Å². The van der Waals surface area contributed by atoms with E-state index < -0.39 is 12.1 Å². The normalized spacial score (nSPS) is 13.9. The molecular formula is C26H23F3N8O4. The van der Waals surface area contributed by atoms with Crippen LogP contribution in [0.3, 0.4) is 0 Å². The summed E-state index contributed by atoms with van der Waals surface area (Å²) in [7, 11) is 0. The molecule has 0 atom stereocenters. The van der Waals surface area contributed by atoms with Gasteiger partial charge < -0.3 is 25.3 Å². The van der Waals surface area contributed by atoms with Gasteiger partial charge in [0.25, 0.3) is 0 Å². The van der Waals surface area contributed by atoms with Gasteiger partial charge in [-0.25, -0.2) is 24.7 Å². The van der Waals surface area contributed by atoms with Crippen molar-refractivity contribution < 1.29 is 32.2 Å². The number of carbonyl (C=O) groups is 1. The van der Waals surface area contributed by atoms with Gasteiger partial charge in [-0.05, 0) is 50.2 Å². The Labute approximate surface area is 230 Å². The largest absolute Gasteiger partial charge is 0.490 e. The maximum absolute atomic E-state index is 10.6. The molecule has 1 aliphatic heterocycles. The van der Waals surface area contributed by atoms with Crippen molar-refractivity contribution in [3.8, 4) is 34.3 Å². The number of piperidine rings is 1. The van der Waals surface area contributed by atoms with E-state index in [-0.39, 0.29) is 6.01 Å². The molecule has 0 unspecified atom stereocenters. The zero-order chi connectivity index (χ0) is 29.0. The van der Waals surface area contributed by atoms with E-state index in [0.717, 1.165) is 37.1 Å². The third kappa shape index (κ3) is 6.58. The van der Waals surface area contributed by atoms with Gasteiger partial charge in [-0.2, -0.15) is 18.3 Å². The molecule has 6 rings (SSSR count). The van der Waals surface area contributed by atoms with Crippen LogP contribution in [0.2, 0.25) is 0 Å². The Morgan fingerprint density at radius 1 is 1.10 bits per heavy atom. The van der Waals surface area contributed by atoms with Crippen LogP contribution in [0.25, 0.3) is 33.7 Å². The lowest BCUT2D eigenvalue weighted by Crippen LogP contribution is -2.29. The Hall–Kier alpha value is -5.05. The number of aliphatic carboxylic acids is 1. The smallest absolute Gasteiger partial charge is 0.475 e. The predicted octanol–water partition coefficient (Wildman–Crippen LogP) is 4.48. The SMILES string of the molecule is Nc1ncc(-c2cnn(C3CCNCC3)c2)cc1-c1nc2ccc(Oc3ncccn3)cc2o1.O=C(O)C(F)(F)F. The van der Waals surface area contributed by atoms with Crippen LogP contribution < -0.4 is 15.8 Å². The molecule has 0 aliphatic carbocycles. The molecule has 0 radical (unpaired) electrons. The summed E-state index contributed by atoms with van der Waals surface area (Å²) in [6.07, 6.45) is 5.96. The van der Waals surface area contributed by atoms with Crippen LogP contribution in [0.5, 0.6) is 11.8 Å². The molecule has 212 valence electrons. The average Bonchev–Trinajstić information content (AvgIpc) is 3.62. The second kappa shape index (κ2) is 11.6. The van der Waals surface area contributed by atoms with Crippen LogP contribution in [0.4, 0.5) is 19.0 Å². The zero-order valence-corrected chi connectivity index (χ0v) is 21.2. The first kappa shape index (κ1) is 27.5. The van der Waals surface area contributed by atoms with E-state index in [9.17, 15) is 13.2 Å². The Balaban J connectivity index is 0.000000431. The summed E-state index contributed by atoms with van der Waals surface area (Å²) in [5.41, 5.74) is 9.93. The summed E-state index contributed by atoms with van der Waals surface area (Å²) >= 11 is 0. The van der Waals surface area contributed by atoms with E-state index in [0.29, 0.717) is 40.2 Å². The summed E-state index contributed by atoms with van der Waals surface area (Å²) in [6, 6.07) is 9.68. The molecule has 0 spiro atoms. The molecule has 4 aromatic heterocycles. The van der Waals surface area contributed by atoms with Crippen molar-refractivity contribution in [1.82, 2.24) is 35.0 Å². The van der Waals surface area contributed by atoms with Crippen molar-refractivity contribution in [3.05, 3.63) is 61.3 Å². The topological polar surface area (TPSA) is 167 Å². The number of alkyl halides is 3. The molecule has 1 aliphatic rings. The molecule has 41 heavy (non-hydrogen) atoms. The number of hydrogen-bond donors (Lipinski definition) is 3. The van der Waals surface area contributed by atoms with Gasteiger partial charge in [-0.3, -0.25) is 4.68 Å². The molecule has 1 fully saturated rings. The van der Waals surface area contributed by atoms with E-state index in [2.05, 4.69) is 36.5 Å². The van der Waals surface area contributed by atoms with E-state index in [4.69, 9.17) is 24.8 Å². The fraction of sp³-hybridized carbons (Fsp3) is 0.231. The lowest BCUT2D eigenvalue weighted by atomic mass is 10.1. The summed E-state index contributed by atoms with van der Waals surface area (Å²) < 4.78 is 45.5. The van der Waals surface area contributed by atoms with Crippen LogP contribution in [-0.2, 0) is 4.79 Å². The minimum atomic E-state index is -5.08. The van der Waals surface area contributed by atoms with Crippen molar-refractivity contribution in [2.24, 2.45) is 0 Å². The fourth-order valence-electron chi connectivity index (χ4n) is 4.09. The molecule has 12 nitrogen and oxygen atoms in total. The molecule has 0 bridgehead atoms. The van der Waals surface area contributed by atoms with Gasteiger partial charge >= 0.3 is 18.2 Å². The number of carboxylic acids is 1. The summed E-state index contributed by atoms with van der Waals surface area (Å²) in [5, 5.41) is 15.1. The maximum atomic E-state index is 10.6. The highest BCUT2D eigenvalue weighted by Crippen LogP contribution is 2.33. The standard InChI is InChI=1S/C24H22N8O2.C2HF3O2/c25-22-19(10-15(12-29-22)16-13-30-32(14-16)17-4-8-26-9-5-17)23-31-20-3-2-18(11-21(20)34-23)33-24-27-6-1-7-28-24;3-2(4,5)1(6)7/h1-3,6-7,10-14,17,26H,4-5,8-9H2,(H2,25,29);(H,6,7). The van der Waals surface area contributed by atoms with E-state index in [1.807, 2.05) is 23.0 Å². The molecular weight excluding hydrogens is 545 g/mol. The van der Waals surface area contributed by atoms with Crippen molar-refractivity contribution in [1.29, 1.82) is 0 Å². The number of oxazole rings is 1. The van der Waals surface area contributed by atoms with Crippen LogP contribution >= 0.6 is 0 Å². The number of nitrogens with one attached hydrogen (secondary N) is 1. The predicted molar refractivity (Wildman–Crippen MR) is 140 cm³/mol. The van der Waals surface area contributed by atoms with E-state index in [1.54, 1.807) is 36.8 Å². The molecule has 5 heterocycles. The number of nitrogens with zero attached hydrogens (tertiary/aromatic N) is 6.